The molecule has 0 unspecified atom stereocenters. The van der Waals surface area contributed by atoms with E-state index in [0.29, 0.717) is 17.2 Å². The van der Waals surface area contributed by atoms with E-state index in [9.17, 15) is 18.0 Å². The van der Waals surface area contributed by atoms with Gasteiger partial charge in [-0.25, -0.2) is 8.42 Å². The highest BCUT2D eigenvalue weighted by Crippen LogP contribution is 2.26. The maximum Gasteiger partial charge on any atom is 0.264 e. The van der Waals surface area contributed by atoms with E-state index in [1.54, 1.807) is 74.7 Å². The zero-order chi connectivity index (χ0) is 27.9. The first-order valence-corrected chi connectivity index (χ1v) is 13.9. The van der Waals surface area contributed by atoms with Crippen LogP contribution >= 0.6 is 11.6 Å². The summed E-state index contributed by atoms with van der Waals surface area (Å²) < 4.78 is 33.8. The summed E-state index contributed by atoms with van der Waals surface area (Å²) in [5, 5.41) is 3.04. The molecule has 0 heterocycles. The van der Waals surface area contributed by atoms with Gasteiger partial charge in [0.25, 0.3) is 10.0 Å². The third-order valence-corrected chi connectivity index (χ3v) is 8.19. The largest absolute Gasteiger partial charge is 0.497 e. The van der Waals surface area contributed by atoms with Crippen molar-refractivity contribution in [3.05, 3.63) is 88.9 Å². The van der Waals surface area contributed by atoms with Gasteiger partial charge in [-0.05, 0) is 67.4 Å². The molecule has 0 saturated heterocycles. The number of aryl methyl sites for hydroxylation is 1. The van der Waals surface area contributed by atoms with Gasteiger partial charge in [-0.1, -0.05) is 48.4 Å². The lowest BCUT2D eigenvalue weighted by atomic mass is 10.1. The second-order valence-electron chi connectivity index (χ2n) is 8.71. The van der Waals surface area contributed by atoms with Gasteiger partial charge in [0, 0.05) is 18.6 Å². The zero-order valence-corrected chi connectivity index (χ0v) is 23.4. The second kappa shape index (κ2) is 12.8. The molecule has 1 atom stereocenters. The highest BCUT2D eigenvalue weighted by atomic mass is 35.5. The van der Waals surface area contributed by atoms with E-state index in [0.717, 1.165) is 15.4 Å². The highest BCUT2D eigenvalue weighted by molar-refractivity contribution is 7.92. The van der Waals surface area contributed by atoms with E-state index < -0.39 is 28.5 Å². The average Bonchev–Trinajstić information content (AvgIpc) is 2.92. The number of carbonyl (C=O) groups excluding carboxylic acids is 2. The van der Waals surface area contributed by atoms with Crippen molar-refractivity contribution >= 4 is 39.1 Å². The number of carbonyl (C=O) groups is 2. The number of benzene rings is 3. The number of hydrogen-bond donors (Lipinski definition) is 1. The van der Waals surface area contributed by atoms with Gasteiger partial charge in [0.05, 0.1) is 17.7 Å². The summed E-state index contributed by atoms with van der Waals surface area (Å²) in [4.78, 5) is 28.1. The maximum atomic E-state index is 13.9. The van der Waals surface area contributed by atoms with E-state index in [4.69, 9.17) is 16.3 Å². The third kappa shape index (κ3) is 6.85. The fraction of sp³-hybridized carbons (Fsp3) is 0.286. The Labute approximate surface area is 229 Å². The van der Waals surface area contributed by atoms with Gasteiger partial charge in [0.1, 0.15) is 18.3 Å². The zero-order valence-electron chi connectivity index (χ0n) is 21.8. The van der Waals surface area contributed by atoms with Crippen molar-refractivity contribution in [1.29, 1.82) is 0 Å². The first kappa shape index (κ1) is 29.0. The Hall–Kier alpha value is -3.56. The standard InChI is InChI=1S/C28H32ClN3O5S/c1-5-26(28(34)30-3)31(18-21-8-14-24(37-4)15-9-21)27(33)19-32(23-12-10-22(29)11-13-23)38(35,36)25-16-6-20(2)7-17-25/h6-17,26H,5,18-19H2,1-4H3,(H,30,34)/t26-/m0/s1. The number of halogens is 1. The van der Waals surface area contributed by atoms with Crippen molar-refractivity contribution in [2.24, 2.45) is 0 Å². The monoisotopic (exact) mass is 557 g/mol. The molecule has 8 nitrogen and oxygen atoms in total. The van der Waals surface area contributed by atoms with Crippen molar-refractivity contribution in [2.75, 3.05) is 25.0 Å². The van der Waals surface area contributed by atoms with Gasteiger partial charge in [-0.3, -0.25) is 13.9 Å². The molecular formula is C28H32ClN3O5S. The minimum atomic E-state index is -4.13. The summed E-state index contributed by atoms with van der Waals surface area (Å²) in [5.41, 5.74) is 1.95. The quantitative estimate of drug-likeness (QED) is 0.377. The van der Waals surface area contributed by atoms with Crippen LogP contribution < -0.4 is 14.4 Å². The first-order chi connectivity index (χ1) is 18.1. The molecule has 3 rings (SSSR count). The highest BCUT2D eigenvalue weighted by Gasteiger charge is 2.33. The Morgan fingerprint density at radius 1 is 0.974 bits per heavy atom. The molecule has 38 heavy (non-hydrogen) atoms. The number of amides is 2. The number of sulfonamides is 1. The van der Waals surface area contributed by atoms with Gasteiger partial charge in [-0.2, -0.15) is 0 Å². The molecule has 0 saturated carbocycles. The van der Waals surface area contributed by atoms with Crippen LogP contribution in [0.4, 0.5) is 5.69 Å². The number of nitrogens with one attached hydrogen (secondary N) is 1. The smallest absolute Gasteiger partial charge is 0.264 e. The Morgan fingerprint density at radius 3 is 2.11 bits per heavy atom. The SMILES string of the molecule is CC[C@@H](C(=O)NC)N(Cc1ccc(OC)cc1)C(=O)CN(c1ccc(Cl)cc1)S(=O)(=O)c1ccc(C)cc1. The van der Waals surface area contributed by atoms with Crippen LogP contribution in [0.3, 0.4) is 0 Å². The molecule has 0 radical (unpaired) electrons. The molecular weight excluding hydrogens is 526 g/mol. The van der Waals surface area contributed by atoms with E-state index in [1.807, 2.05) is 6.92 Å². The summed E-state index contributed by atoms with van der Waals surface area (Å²) in [6, 6.07) is 19.0. The van der Waals surface area contributed by atoms with Gasteiger partial charge in [-0.15, -0.1) is 0 Å². The number of likely N-dealkylation sites (N-methyl/N-ethyl adjacent to an activating group) is 1. The van der Waals surface area contributed by atoms with Crippen molar-refractivity contribution in [2.45, 2.75) is 37.8 Å². The Bertz CT molecular complexity index is 1340. The lowest BCUT2D eigenvalue weighted by molar-refractivity contribution is -0.140. The number of ether oxygens (including phenoxy) is 1. The fourth-order valence-electron chi connectivity index (χ4n) is 3.99. The van der Waals surface area contributed by atoms with Crippen LogP contribution in [0, 0.1) is 6.92 Å². The molecule has 10 heteroatoms. The Morgan fingerprint density at radius 2 is 1.58 bits per heavy atom. The van der Waals surface area contributed by atoms with Crippen molar-refractivity contribution in [1.82, 2.24) is 10.2 Å². The van der Waals surface area contributed by atoms with Crippen molar-refractivity contribution in [3.63, 3.8) is 0 Å². The molecule has 3 aromatic rings. The van der Waals surface area contributed by atoms with E-state index in [-0.39, 0.29) is 23.0 Å². The van der Waals surface area contributed by atoms with Crippen LogP contribution in [0.5, 0.6) is 5.75 Å². The number of anilines is 1. The minimum Gasteiger partial charge on any atom is -0.497 e. The molecule has 0 aliphatic heterocycles. The van der Waals surface area contributed by atoms with E-state index >= 15 is 0 Å². The molecule has 0 aliphatic rings. The molecule has 0 bridgehead atoms. The number of methoxy groups -OCH3 is 1. The molecule has 0 spiro atoms. The summed E-state index contributed by atoms with van der Waals surface area (Å²) in [6.07, 6.45) is 0.341. The second-order valence-corrected chi connectivity index (χ2v) is 11.0. The van der Waals surface area contributed by atoms with Gasteiger partial charge in [0.15, 0.2) is 0 Å². The topological polar surface area (TPSA) is 96.0 Å². The summed E-state index contributed by atoms with van der Waals surface area (Å²) >= 11 is 6.05. The predicted octanol–water partition coefficient (Wildman–Crippen LogP) is 4.41. The Kier molecular flexibility index (Phi) is 9.77. The molecule has 0 aliphatic carbocycles. The van der Waals surface area contributed by atoms with E-state index in [1.165, 1.54) is 24.1 Å². The number of rotatable bonds is 11. The van der Waals surface area contributed by atoms with Crippen LogP contribution in [-0.2, 0) is 26.2 Å². The van der Waals surface area contributed by atoms with Crippen LogP contribution in [0.25, 0.3) is 0 Å². The minimum absolute atomic E-state index is 0.0471. The van der Waals surface area contributed by atoms with Crippen molar-refractivity contribution < 1.29 is 22.7 Å². The molecule has 202 valence electrons. The van der Waals surface area contributed by atoms with Crippen LogP contribution in [0.2, 0.25) is 5.02 Å². The fourth-order valence-corrected chi connectivity index (χ4v) is 5.53. The van der Waals surface area contributed by atoms with Crippen LogP contribution in [0.1, 0.15) is 24.5 Å². The summed E-state index contributed by atoms with van der Waals surface area (Å²) in [7, 11) is -1.06. The normalized spacial score (nSPS) is 11.9. The molecule has 0 aromatic heterocycles. The number of hydrogen-bond acceptors (Lipinski definition) is 5. The molecule has 1 N–H and O–H groups in total. The average molecular weight is 558 g/mol. The van der Waals surface area contributed by atoms with E-state index in [2.05, 4.69) is 5.32 Å². The first-order valence-electron chi connectivity index (χ1n) is 12.1. The van der Waals surface area contributed by atoms with Gasteiger partial charge >= 0.3 is 0 Å². The maximum absolute atomic E-state index is 13.9. The number of nitrogens with zero attached hydrogens (tertiary/aromatic N) is 2. The molecule has 3 aromatic carbocycles. The van der Waals surface area contributed by atoms with Crippen LogP contribution in [-0.4, -0.2) is 51.9 Å². The van der Waals surface area contributed by atoms with Crippen LogP contribution in [0.15, 0.2) is 77.7 Å². The van der Waals surface area contributed by atoms with Gasteiger partial charge in [0.2, 0.25) is 11.8 Å². The predicted molar refractivity (Wildman–Crippen MR) is 149 cm³/mol. The Balaban J connectivity index is 2.03. The third-order valence-electron chi connectivity index (χ3n) is 6.15. The lowest BCUT2D eigenvalue weighted by Gasteiger charge is -2.33. The lowest BCUT2D eigenvalue weighted by Crippen LogP contribution is -2.51. The molecule has 0 fully saturated rings. The van der Waals surface area contributed by atoms with Gasteiger partial charge < -0.3 is 15.0 Å². The molecule has 2 amide bonds. The summed E-state index contributed by atoms with van der Waals surface area (Å²) in [6.45, 7) is 3.25. The van der Waals surface area contributed by atoms with Crippen molar-refractivity contribution in [3.8, 4) is 5.75 Å². The summed E-state index contributed by atoms with van der Waals surface area (Å²) in [5.74, 6) is -0.209.